The Balaban J connectivity index is 1.54. The van der Waals surface area contributed by atoms with E-state index in [4.69, 9.17) is 19.2 Å². The molecule has 1 fully saturated rings. The molecule has 0 spiro atoms. The maximum absolute atomic E-state index is 5.47. The van der Waals surface area contributed by atoms with E-state index in [1.807, 2.05) is 48.9 Å². The summed E-state index contributed by atoms with van der Waals surface area (Å²) in [7, 11) is 4.78. The van der Waals surface area contributed by atoms with Gasteiger partial charge in [0.15, 0.2) is 16.7 Å². The number of hydrogen-bond acceptors (Lipinski definition) is 10. The van der Waals surface area contributed by atoms with Gasteiger partial charge in [-0.1, -0.05) is 17.8 Å². The predicted octanol–water partition coefficient (Wildman–Crippen LogP) is 3.69. The molecular formula is C23H28N6O3S. The summed E-state index contributed by atoms with van der Waals surface area (Å²) in [4.78, 5) is 18.4. The number of hydrogen-bond donors (Lipinski definition) is 1. The minimum atomic E-state index is 0.546. The molecule has 1 aliphatic heterocycles. The number of nitrogens with zero attached hydrogens (tertiary/aromatic N) is 5. The average molecular weight is 469 g/mol. The fraction of sp³-hybridized carbons (Fsp3) is 0.348. The zero-order chi connectivity index (χ0) is 23.2. The number of pyridine rings is 1. The molecule has 0 bridgehead atoms. The first kappa shape index (κ1) is 22.8. The van der Waals surface area contributed by atoms with Gasteiger partial charge in [-0.25, -0.2) is 15.0 Å². The smallest absolute Gasteiger partial charge is 0.203 e. The maximum Gasteiger partial charge on any atom is 0.203 e. The third kappa shape index (κ3) is 5.16. The zero-order valence-electron chi connectivity index (χ0n) is 19.2. The number of piperazine rings is 1. The summed E-state index contributed by atoms with van der Waals surface area (Å²) < 4.78 is 16.4. The van der Waals surface area contributed by atoms with Crippen molar-refractivity contribution < 1.29 is 14.2 Å². The Kier molecular flexibility index (Phi) is 7.23. The third-order valence-electron chi connectivity index (χ3n) is 5.39. The monoisotopic (exact) mass is 468 g/mol. The van der Waals surface area contributed by atoms with Gasteiger partial charge in [-0.3, -0.25) is 0 Å². The Hall–Kier alpha value is -3.40. The van der Waals surface area contributed by atoms with E-state index in [1.165, 1.54) is 11.8 Å². The third-order valence-corrected chi connectivity index (χ3v) is 5.94. The van der Waals surface area contributed by atoms with E-state index in [-0.39, 0.29) is 0 Å². The van der Waals surface area contributed by atoms with Crippen LogP contribution in [0.15, 0.2) is 47.8 Å². The van der Waals surface area contributed by atoms with Gasteiger partial charge in [0.05, 0.1) is 21.3 Å². The first-order valence-electron chi connectivity index (χ1n) is 10.6. The molecule has 1 N–H and O–H groups in total. The first-order valence-corrected chi connectivity index (χ1v) is 11.8. The maximum atomic E-state index is 5.47. The molecule has 174 valence electrons. The van der Waals surface area contributed by atoms with E-state index in [1.54, 1.807) is 21.3 Å². The fourth-order valence-corrected chi connectivity index (χ4v) is 4.11. The van der Waals surface area contributed by atoms with Gasteiger partial charge in [0.1, 0.15) is 17.5 Å². The van der Waals surface area contributed by atoms with Crippen molar-refractivity contribution in [1.29, 1.82) is 0 Å². The van der Waals surface area contributed by atoms with Gasteiger partial charge < -0.3 is 29.3 Å². The lowest BCUT2D eigenvalue weighted by Gasteiger charge is -2.36. The molecule has 0 atom stereocenters. The molecule has 10 heteroatoms. The van der Waals surface area contributed by atoms with Crippen molar-refractivity contribution in [1.82, 2.24) is 15.0 Å². The summed E-state index contributed by atoms with van der Waals surface area (Å²) in [5, 5.41) is 4.07. The van der Waals surface area contributed by atoms with Crippen molar-refractivity contribution in [2.75, 3.05) is 68.9 Å². The number of methoxy groups -OCH3 is 3. The van der Waals surface area contributed by atoms with Crippen molar-refractivity contribution in [3.63, 3.8) is 0 Å². The second-order valence-corrected chi connectivity index (χ2v) is 8.07. The van der Waals surface area contributed by atoms with Crippen molar-refractivity contribution >= 4 is 34.9 Å². The summed E-state index contributed by atoms with van der Waals surface area (Å²) in [6, 6.07) is 11.7. The van der Waals surface area contributed by atoms with E-state index in [0.29, 0.717) is 28.2 Å². The molecule has 0 radical (unpaired) electrons. The Bertz CT molecular complexity index is 1050. The van der Waals surface area contributed by atoms with Crippen molar-refractivity contribution in [2.24, 2.45) is 0 Å². The number of ether oxygens (including phenoxy) is 3. The second-order valence-electron chi connectivity index (χ2n) is 7.30. The van der Waals surface area contributed by atoms with Crippen LogP contribution in [0.2, 0.25) is 0 Å². The van der Waals surface area contributed by atoms with E-state index in [9.17, 15) is 0 Å². The molecule has 1 aliphatic rings. The van der Waals surface area contributed by atoms with Crippen LogP contribution in [-0.4, -0.2) is 68.7 Å². The molecule has 2 aromatic heterocycles. The molecule has 0 unspecified atom stereocenters. The molecule has 3 heterocycles. The molecule has 9 nitrogen and oxygen atoms in total. The molecule has 3 aromatic rings. The fourth-order valence-electron chi connectivity index (χ4n) is 3.74. The van der Waals surface area contributed by atoms with Crippen LogP contribution in [0.3, 0.4) is 0 Å². The SMILES string of the molecule is COc1cc(Nc2cc(N3CCN(c4ccccn4)CC3)nc(SC)n2)cc(OC)c1OC. The van der Waals surface area contributed by atoms with Gasteiger partial charge >= 0.3 is 0 Å². The number of anilines is 4. The van der Waals surface area contributed by atoms with Crippen LogP contribution < -0.4 is 29.3 Å². The van der Waals surface area contributed by atoms with E-state index >= 15 is 0 Å². The molecule has 1 aromatic carbocycles. The summed E-state index contributed by atoms with van der Waals surface area (Å²) >= 11 is 1.51. The lowest BCUT2D eigenvalue weighted by atomic mass is 10.2. The number of nitrogens with one attached hydrogen (secondary N) is 1. The predicted molar refractivity (Wildman–Crippen MR) is 132 cm³/mol. The van der Waals surface area contributed by atoms with E-state index in [0.717, 1.165) is 43.5 Å². The number of aromatic nitrogens is 3. The Morgan fingerprint density at radius 1 is 0.848 bits per heavy atom. The molecule has 4 rings (SSSR count). The average Bonchev–Trinajstić information content (AvgIpc) is 2.88. The highest BCUT2D eigenvalue weighted by Gasteiger charge is 2.21. The van der Waals surface area contributed by atoms with Crippen LogP contribution in [0.1, 0.15) is 0 Å². The molecule has 0 amide bonds. The standard InChI is InChI=1S/C23H28N6O3S/c1-30-17-13-16(14-18(31-2)22(17)32-3)25-19-15-21(27-23(26-19)33-4)29-11-9-28(10-12-29)20-7-5-6-8-24-20/h5-8,13-15H,9-12H2,1-4H3,(H,25,26,27). The second kappa shape index (κ2) is 10.5. The van der Waals surface area contributed by atoms with Gasteiger partial charge in [0.2, 0.25) is 5.75 Å². The van der Waals surface area contributed by atoms with Crippen molar-refractivity contribution in [3.8, 4) is 17.2 Å². The van der Waals surface area contributed by atoms with Gasteiger partial charge in [-0.2, -0.15) is 0 Å². The highest BCUT2D eigenvalue weighted by Crippen LogP contribution is 2.40. The van der Waals surface area contributed by atoms with E-state index in [2.05, 4.69) is 25.1 Å². The van der Waals surface area contributed by atoms with E-state index < -0.39 is 0 Å². The van der Waals surface area contributed by atoms with Gasteiger partial charge in [0.25, 0.3) is 0 Å². The largest absolute Gasteiger partial charge is 0.493 e. The van der Waals surface area contributed by atoms with Crippen LogP contribution in [0.5, 0.6) is 17.2 Å². The van der Waals surface area contributed by atoms with Crippen molar-refractivity contribution in [3.05, 3.63) is 42.6 Å². The zero-order valence-corrected chi connectivity index (χ0v) is 20.1. The number of thioether (sulfide) groups is 1. The first-order chi connectivity index (χ1) is 16.1. The highest BCUT2D eigenvalue weighted by atomic mass is 32.2. The topological polar surface area (TPSA) is 84.9 Å². The van der Waals surface area contributed by atoms with Crippen LogP contribution >= 0.6 is 11.8 Å². The minimum absolute atomic E-state index is 0.546. The summed E-state index contributed by atoms with van der Waals surface area (Å²) in [6.07, 6.45) is 3.80. The van der Waals surface area contributed by atoms with Crippen molar-refractivity contribution in [2.45, 2.75) is 5.16 Å². The lowest BCUT2D eigenvalue weighted by molar-refractivity contribution is 0.324. The van der Waals surface area contributed by atoms with Crippen LogP contribution in [-0.2, 0) is 0 Å². The highest BCUT2D eigenvalue weighted by molar-refractivity contribution is 7.98. The van der Waals surface area contributed by atoms with Crippen LogP contribution in [0, 0.1) is 0 Å². The molecular weight excluding hydrogens is 440 g/mol. The quantitative estimate of drug-likeness (QED) is 0.390. The molecule has 0 saturated carbocycles. The normalized spacial score (nSPS) is 13.6. The van der Waals surface area contributed by atoms with Gasteiger partial charge in [0, 0.05) is 56.3 Å². The Morgan fingerprint density at radius 3 is 2.06 bits per heavy atom. The molecule has 33 heavy (non-hydrogen) atoms. The van der Waals surface area contributed by atoms with Gasteiger partial charge in [-0.05, 0) is 18.4 Å². The number of benzene rings is 1. The van der Waals surface area contributed by atoms with Crippen LogP contribution in [0.4, 0.5) is 23.1 Å². The number of rotatable bonds is 8. The summed E-state index contributed by atoms with van der Waals surface area (Å²) in [6.45, 7) is 3.46. The molecule has 1 saturated heterocycles. The van der Waals surface area contributed by atoms with Crippen LogP contribution in [0.25, 0.3) is 0 Å². The Morgan fingerprint density at radius 2 is 1.52 bits per heavy atom. The molecule has 0 aliphatic carbocycles. The Labute approximate surface area is 198 Å². The lowest BCUT2D eigenvalue weighted by Crippen LogP contribution is -2.47. The summed E-state index contributed by atoms with van der Waals surface area (Å²) in [5.74, 6) is 4.29. The minimum Gasteiger partial charge on any atom is -0.493 e. The van der Waals surface area contributed by atoms with Gasteiger partial charge in [-0.15, -0.1) is 0 Å². The summed E-state index contributed by atoms with van der Waals surface area (Å²) in [5.41, 5.74) is 0.779.